The maximum atomic E-state index is 12.2. The van der Waals surface area contributed by atoms with Crippen LogP contribution in [-0.4, -0.2) is 29.5 Å². The molecule has 1 atom stereocenters. The molecule has 0 spiro atoms. The number of methoxy groups -OCH3 is 1. The number of aromatic amines is 2. The number of carbonyl (C=O) groups excluding carboxylic acids is 1. The number of nitrogens with two attached hydrogens (primary N) is 1. The molecule has 0 radical (unpaired) electrons. The molecule has 1 aliphatic rings. The summed E-state index contributed by atoms with van der Waals surface area (Å²) < 4.78 is 5.31. The van der Waals surface area contributed by atoms with Crippen LogP contribution in [0.15, 0.2) is 27.8 Å². The average molecular weight is 358 g/mol. The highest BCUT2D eigenvalue weighted by atomic mass is 16.5. The Kier molecular flexibility index (Phi) is 5.11. The van der Waals surface area contributed by atoms with Crippen molar-refractivity contribution in [1.82, 2.24) is 15.3 Å². The van der Waals surface area contributed by atoms with E-state index in [0.717, 1.165) is 31.4 Å². The number of hydrogen-bond acceptors (Lipinski definition) is 5. The third-order valence-electron chi connectivity index (χ3n) is 4.78. The van der Waals surface area contributed by atoms with Gasteiger partial charge in [0.25, 0.3) is 11.5 Å². The van der Waals surface area contributed by atoms with E-state index in [0.29, 0.717) is 12.5 Å². The van der Waals surface area contributed by atoms with Gasteiger partial charge in [-0.3, -0.25) is 14.6 Å². The lowest BCUT2D eigenvalue weighted by Crippen LogP contribution is -2.34. The largest absolute Gasteiger partial charge is 0.497 e. The van der Waals surface area contributed by atoms with Crippen molar-refractivity contribution in [1.29, 1.82) is 0 Å². The second-order valence-electron chi connectivity index (χ2n) is 6.40. The number of carbonyl (C=O) groups is 1. The molecule has 26 heavy (non-hydrogen) atoms. The highest BCUT2D eigenvalue weighted by Crippen LogP contribution is 2.35. The number of hydrogen-bond donors (Lipinski definition) is 4. The van der Waals surface area contributed by atoms with Gasteiger partial charge < -0.3 is 20.8 Å². The first-order valence-electron chi connectivity index (χ1n) is 8.56. The van der Waals surface area contributed by atoms with E-state index in [1.165, 1.54) is 11.1 Å². The van der Waals surface area contributed by atoms with Gasteiger partial charge in [0.15, 0.2) is 0 Å². The number of ether oxygens (including phenoxy) is 1. The van der Waals surface area contributed by atoms with Crippen LogP contribution in [0.5, 0.6) is 5.75 Å². The minimum Gasteiger partial charge on any atom is -0.497 e. The Labute approximate surface area is 149 Å². The van der Waals surface area contributed by atoms with Crippen LogP contribution in [0.4, 0.5) is 5.69 Å². The first kappa shape index (κ1) is 17.8. The summed E-state index contributed by atoms with van der Waals surface area (Å²) in [5, 5.41) is 2.73. The van der Waals surface area contributed by atoms with Crippen LogP contribution >= 0.6 is 0 Å². The molecule has 8 nitrogen and oxygen atoms in total. The molecule has 1 amide bonds. The van der Waals surface area contributed by atoms with Crippen molar-refractivity contribution in [3.63, 3.8) is 0 Å². The maximum Gasteiger partial charge on any atom is 0.326 e. The van der Waals surface area contributed by atoms with Crippen molar-refractivity contribution in [2.75, 3.05) is 19.4 Å². The van der Waals surface area contributed by atoms with Gasteiger partial charge in [-0.05, 0) is 54.9 Å². The third-order valence-corrected chi connectivity index (χ3v) is 4.78. The third kappa shape index (κ3) is 3.63. The lowest BCUT2D eigenvalue weighted by molar-refractivity contribution is 0.0947. The summed E-state index contributed by atoms with van der Waals surface area (Å²) in [5.74, 6) is 0.589. The number of rotatable bonds is 5. The SMILES string of the molecule is COc1ccc2c(c1)[C@@H](CCNC(=O)c1[nH]c(=O)[nH]c(=O)c1N)CCC2. The van der Waals surface area contributed by atoms with Crippen molar-refractivity contribution in [3.8, 4) is 5.75 Å². The van der Waals surface area contributed by atoms with Crippen molar-refractivity contribution >= 4 is 11.6 Å². The molecule has 3 rings (SSSR count). The molecule has 1 aliphatic carbocycles. The smallest absolute Gasteiger partial charge is 0.326 e. The first-order valence-corrected chi connectivity index (χ1v) is 8.56. The van der Waals surface area contributed by atoms with Gasteiger partial charge in [0.05, 0.1) is 7.11 Å². The van der Waals surface area contributed by atoms with Crippen LogP contribution in [0.1, 0.15) is 46.8 Å². The minimum atomic E-state index is -0.771. The van der Waals surface area contributed by atoms with Gasteiger partial charge in [-0.2, -0.15) is 0 Å². The number of H-pyrrole nitrogens is 2. The van der Waals surface area contributed by atoms with Crippen LogP contribution in [0.3, 0.4) is 0 Å². The fourth-order valence-electron chi connectivity index (χ4n) is 3.43. The molecule has 8 heteroatoms. The molecule has 1 aromatic carbocycles. The Morgan fingerprint density at radius 1 is 1.35 bits per heavy atom. The molecule has 1 heterocycles. The van der Waals surface area contributed by atoms with Gasteiger partial charge in [0.1, 0.15) is 17.1 Å². The summed E-state index contributed by atoms with van der Waals surface area (Å²) in [6.07, 6.45) is 3.94. The highest BCUT2D eigenvalue weighted by Gasteiger charge is 2.21. The number of benzene rings is 1. The molecule has 0 fully saturated rings. The zero-order chi connectivity index (χ0) is 18.7. The molecule has 138 valence electrons. The van der Waals surface area contributed by atoms with E-state index in [1.54, 1.807) is 7.11 Å². The molecule has 0 bridgehead atoms. The van der Waals surface area contributed by atoms with Crippen LogP contribution in [0.25, 0.3) is 0 Å². The number of nitrogens with one attached hydrogen (secondary N) is 3. The monoisotopic (exact) mass is 358 g/mol. The number of nitrogen functional groups attached to an aromatic ring is 1. The summed E-state index contributed by atoms with van der Waals surface area (Å²) in [6, 6.07) is 6.13. The summed E-state index contributed by atoms with van der Waals surface area (Å²) in [4.78, 5) is 39.3. The Balaban J connectivity index is 1.67. The molecular formula is C18H22N4O4. The van der Waals surface area contributed by atoms with Gasteiger partial charge in [-0.15, -0.1) is 0 Å². The van der Waals surface area contributed by atoms with E-state index in [-0.39, 0.29) is 11.4 Å². The van der Waals surface area contributed by atoms with Crippen molar-refractivity contribution < 1.29 is 9.53 Å². The zero-order valence-electron chi connectivity index (χ0n) is 14.6. The Hall–Kier alpha value is -3.03. The van der Waals surface area contributed by atoms with Crippen LogP contribution in [-0.2, 0) is 6.42 Å². The van der Waals surface area contributed by atoms with E-state index in [1.807, 2.05) is 11.1 Å². The van der Waals surface area contributed by atoms with Gasteiger partial charge in [-0.1, -0.05) is 6.07 Å². The molecule has 0 aliphatic heterocycles. The van der Waals surface area contributed by atoms with Crippen molar-refractivity contribution in [2.24, 2.45) is 0 Å². The van der Waals surface area contributed by atoms with Gasteiger partial charge in [-0.25, -0.2) is 4.79 Å². The summed E-state index contributed by atoms with van der Waals surface area (Å²) in [6.45, 7) is 0.411. The lowest BCUT2D eigenvalue weighted by atomic mass is 9.81. The Morgan fingerprint density at radius 3 is 2.92 bits per heavy atom. The van der Waals surface area contributed by atoms with Gasteiger partial charge in [0.2, 0.25) is 0 Å². The van der Waals surface area contributed by atoms with Crippen LogP contribution in [0, 0.1) is 0 Å². The zero-order valence-corrected chi connectivity index (χ0v) is 14.6. The molecular weight excluding hydrogens is 336 g/mol. The molecule has 5 N–H and O–H groups in total. The predicted octanol–water partition coefficient (Wildman–Crippen LogP) is 0.894. The summed E-state index contributed by atoms with van der Waals surface area (Å²) >= 11 is 0. The minimum absolute atomic E-state index is 0.204. The van der Waals surface area contributed by atoms with E-state index in [9.17, 15) is 14.4 Å². The number of amides is 1. The normalized spacial score (nSPS) is 16.0. The molecule has 0 saturated heterocycles. The highest BCUT2D eigenvalue weighted by molar-refractivity contribution is 5.96. The van der Waals surface area contributed by atoms with Gasteiger partial charge >= 0.3 is 5.69 Å². The first-order chi connectivity index (χ1) is 12.5. The topological polar surface area (TPSA) is 130 Å². The molecule has 2 aromatic rings. The van der Waals surface area contributed by atoms with Crippen molar-refractivity contribution in [2.45, 2.75) is 31.6 Å². The van der Waals surface area contributed by atoms with E-state index in [2.05, 4.69) is 22.4 Å². The second kappa shape index (κ2) is 7.47. The van der Waals surface area contributed by atoms with E-state index < -0.39 is 17.2 Å². The molecule has 0 unspecified atom stereocenters. The molecule has 1 aromatic heterocycles. The fourth-order valence-corrected chi connectivity index (χ4v) is 3.43. The summed E-state index contributed by atoms with van der Waals surface area (Å²) in [5.41, 5.74) is 6.11. The number of aryl methyl sites for hydroxylation is 1. The van der Waals surface area contributed by atoms with E-state index in [4.69, 9.17) is 10.5 Å². The number of fused-ring (bicyclic) bond motifs is 1. The lowest BCUT2D eigenvalue weighted by Gasteiger charge is -2.26. The quantitative estimate of drug-likeness (QED) is 0.631. The van der Waals surface area contributed by atoms with Gasteiger partial charge in [0, 0.05) is 6.54 Å². The Morgan fingerprint density at radius 2 is 2.15 bits per heavy atom. The number of anilines is 1. The predicted molar refractivity (Wildman–Crippen MR) is 97.7 cm³/mol. The summed E-state index contributed by atoms with van der Waals surface area (Å²) in [7, 11) is 1.65. The average Bonchev–Trinajstić information content (AvgIpc) is 2.64. The van der Waals surface area contributed by atoms with Crippen LogP contribution < -0.4 is 27.0 Å². The van der Waals surface area contributed by atoms with Crippen LogP contribution in [0.2, 0.25) is 0 Å². The maximum absolute atomic E-state index is 12.2. The second-order valence-corrected chi connectivity index (χ2v) is 6.40. The number of aromatic nitrogens is 2. The van der Waals surface area contributed by atoms with Crippen molar-refractivity contribution in [3.05, 3.63) is 55.9 Å². The molecule has 0 saturated carbocycles. The Bertz CT molecular complexity index is 932. The van der Waals surface area contributed by atoms with E-state index >= 15 is 0 Å². The fraction of sp³-hybridized carbons (Fsp3) is 0.389. The standard InChI is InChI=1S/C18H22N4O4/c1-26-12-6-5-10-3-2-4-11(13(10)9-12)7-8-20-17(24)15-14(19)16(23)22-18(25)21-15/h5-6,9,11H,2-4,7-8,19H2,1H3,(H,20,24)(H2,21,22,23,25)/t11-/m1/s1.